The van der Waals surface area contributed by atoms with Gasteiger partial charge in [-0.15, -0.1) is 0 Å². The zero-order valence-corrected chi connectivity index (χ0v) is 15.9. The second-order valence-electron chi connectivity index (χ2n) is 5.40. The van der Waals surface area contributed by atoms with E-state index in [-0.39, 0.29) is 37.7 Å². The smallest absolute Gasteiger partial charge is 0.323 e. The number of carboxylic acid groups (broad SMARTS) is 1. The zero-order chi connectivity index (χ0) is 20.6. The first-order chi connectivity index (χ1) is 13.2. The molecule has 0 spiro atoms. The Hall–Kier alpha value is -2.82. The third-order valence-electron chi connectivity index (χ3n) is 3.57. The molecule has 0 bridgehead atoms. The standard InChI is InChI=1S/C16H8Cl2N2O7S/c17-9-5-10(18)11(20(25)26)4-8(9)12-2-1-7(27-12)3-13-15(23)19(6-14(21)22)16(24)28-13/h1-5H,6H2,(H,21,22)/b13-3+. The van der Waals surface area contributed by atoms with E-state index in [2.05, 4.69) is 0 Å². The quantitative estimate of drug-likeness (QED) is 0.412. The van der Waals surface area contributed by atoms with Crippen LogP contribution in [-0.2, 0) is 9.59 Å². The number of aliphatic carboxylic acids is 1. The van der Waals surface area contributed by atoms with Crippen LogP contribution < -0.4 is 0 Å². The fourth-order valence-electron chi connectivity index (χ4n) is 2.34. The van der Waals surface area contributed by atoms with E-state index in [4.69, 9.17) is 32.7 Å². The molecular weight excluding hydrogens is 435 g/mol. The second kappa shape index (κ2) is 7.66. The maximum absolute atomic E-state index is 12.1. The van der Waals surface area contributed by atoms with Gasteiger partial charge in [-0.3, -0.25) is 29.4 Å². The highest BCUT2D eigenvalue weighted by atomic mass is 35.5. The summed E-state index contributed by atoms with van der Waals surface area (Å²) >= 11 is 12.5. The summed E-state index contributed by atoms with van der Waals surface area (Å²) in [5.74, 6) is -1.72. The van der Waals surface area contributed by atoms with Gasteiger partial charge in [0.05, 0.1) is 14.9 Å². The van der Waals surface area contributed by atoms with Crippen molar-refractivity contribution < 1.29 is 28.8 Å². The largest absolute Gasteiger partial charge is 0.480 e. The summed E-state index contributed by atoms with van der Waals surface area (Å²) in [7, 11) is 0. The molecule has 1 fully saturated rings. The minimum absolute atomic E-state index is 0.0136. The van der Waals surface area contributed by atoms with Crippen LogP contribution in [0.25, 0.3) is 17.4 Å². The maximum Gasteiger partial charge on any atom is 0.323 e. The highest BCUT2D eigenvalue weighted by Crippen LogP contribution is 2.38. The fraction of sp³-hybridized carbons (Fsp3) is 0.0625. The van der Waals surface area contributed by atoms with Gasteiger partial charge in [-0.2, -0.15) is 0 Å². The number of hydrogen-bond acceptors (Lipinski definition) is 7. The number of benzene rings is 1. The molecule has 2 amide bonds. The Bertz CT molecular complexity index is 1060. The van der Waals surface area contributed by atoms with Crippen LogP contribution in [0, 0.1) is 10.1 Å². The van der Waals surface area contributed by atoms with Crippen LogP contribution in [0.1, 0.15) is 5.76 Å². The highest BCUT2D eigenvalue weighted by molar-refractivity contribution is 8.18. The lowest BCUT2D eigenvalue weighted by Gasteiger charge is -2.07. The first kappa shape index (κ1) is 19.9. The van der Waals surface area contributed by atoms with E-state index in [1.165, 1.54) is 24.3 Å². The van der Waals surface area contributed by atoms with Gasteiger partial charge in [0.1, 0.15) is 23.1 Å². The number of nitrogens with zero attached hydrogens (tertiary/aromatic N) is 2. The normalized spacial score (nSPS) is 15.5. The maximum atomic E-state index is 12.1. The summed E-state index contributed by atoms with van der Waals surface area (Å²) in [4.78, 5) is 45.6. The van der Waals surface area contributed by atoms with Gasteiger partial charge in [0.2, 0.25) is 0 Å². The molecule has 0 atom stereocenters. The molecule has 0 aliphatic carbocycles. The molecule has 0 radical (unpaired) electrons. The summed E-state index contributed by atoms with van der Waals surface area (Å²) in [6.07, 6.45) is 1.27. The summed E-state index contributed by atoms with van der Waals surface area (Å²) in [5.41, 5.74) is -0.134. The van der Waals surface area contributed by atoms with Crippen molar-refractivity contribution in [3.63, 3.8) is 0 Å². The second-order valence-corrected chi connectivity index (χ2v) is 7.21. The SMILES string of the molecule is O=C(O)CN1C(=O)S/C(=C/c2ccc(-c3cc([N+](=O)[O-])c(Cl)cc3Cl)o2)C1=O. The van der Waals surface area contributed by atoms with Crippen molar-refractivity contribution in [1.82, 2.24) is 4.90 Å². The number of halogens is 2. The number of rotatable bonds is 5. The molecule has 2 heterocycles. The lowest BCUT2D eigenvalue weighted by Crippen LogP contribution is -2.33. The number of carbonyl (C=O) groups is 3. The Morgan fingerprint density at radius 3 is 2.64 bits per heavy atom. The lowest BCUT2D eigenvalue weighted by atomic mass is 10.1. The molecule has 0 unspecified atom stereocenters. The summed E-state index contributed by atoms with van der Waals surface area (Å²) in [6, 6.07) is 5.33. The van der Waals surface area contributed by atoms with Crippen molar-refractivity contribution in [2.24, 2.45) is 0 Å². The molecule has 1 aliphatic heterocycles. The van der Waals surface area contributed by atoms with Crippen molar-refractivity contribution in [1.29, 1.82) is 0 Å². The van der Waals surface area contributed by atoms with E-state index in [1.54, 1.807) is 0 Å². The molecule has 12 heteroatoms. The Morgan fingerprint density at radius 2 is 2.00 bits per heavy atom. The van der Waals surface area contributed by atoms with Crippen molar-refractivity contribution in [2.45, 2.75) is 0 Å². The van der Waals surface area contributed by atoms with Crippen LogP contribution in [0.3, 0.4) is 0 Å². The van der Waals surface area contributed by atoms with Gasteiger partial charge in [-0.25, -0.2) is 0 Å². The highest BCUT2D eigenvalue weighted by Gasteiger charge is 2.36. The van der Waals surface area contributed by atoms with Gasteiger partial charge in [-0.05, 0) is 30.0 Å². The number of imide groups is 1. The van der Waals surface area contributed by atoms with Gasteiger partial charge in [0.15, 0.2) is 0 Å². The van der Waals surface area contributed by atoms with E-state index in [0.29, 0.717) is 16.7 Å². The number of hydrogen-bond donors (Lipinski definition) is 1. The first-order valence-corrected chi connectivity index (χ1v) is 8.95. The van der Waals surface area contributed by atoms with E-state index in [9.17, 15) is 24.5 Å². The van der Waals surface area contributed by atoms with Crippen LogP contribution >= 0.6 is 35.0 Å². The molecule has 1 N–H and O–H groups in total. The van der Waals surface area contributed by atoms with E-state index < -0.39 is 28.6 Å². The minimum Gasteiger partial charge on any atom is -0.480 e. The molecule has 1 aliphatic rings. The average Bonchev–Trinajstić information content (AvgIpc) is 3.15. The molecule has 1 saturated heterocycles. The average molecular weight is 443 g/mol. The third kappa shape index (κ3) is 3.88. The van der Waals surface area contributed by atoms with E-state index >= 15 is 0 Å². The van der Waals surface area contributed by atoms with Crippen molar-refractivity contribution in [3.05, 3.63) is 55.1 Å². The number of nitro benzene ring substituents is 1. The van der Waals surface area contributed by atoms with Gasteiger partial charge >= 0.3 is 5.97 Å². The van der Waals surface area contributed by atoms with Crippen LogP contribution in [0.5, 0.6) is 0 Å². The van der Waals surface area contributed by atoms with Gasteiger partial charge in [0, 0.05) is 17.7 Å². The Labute approximate surface area is 170 Å². The minimum atomic E-state index is -1.32. The zero-order valence-electron chi connectivity index (χ0n) is 13.5. The third-order valence-corrected chi connectivity index (χ3v) is 5.09. The van der Waals surface area contributed by atoms with Crippen LogP contribution in [0.15, 0.2) is 33.6 Å². The molecule has 3 rings (SSSR count). The van der Waals surface area contributed by atoms with Crippen molar-refractivity contribution >= 4 is 63.8 Å². The number of nitro groups is 1. The van der Waals surface area contributed by atoms with Gasteiger partial charge in [-0.1, -0.05) is 23.2 Å². The number of carboxylic acids is 1. The number of carbonyl (C=O) groups excluding carboxylic acids is 2. The van der Waals surface area contributed by atoms with Crippen LogP contribution in [0.2, 0.25) is 10.0 Å². The predicted octanol–water partition coefficient (Wildman–Crippen LogP) is 4.28. The van der Waals surface area contributed by atoms with Gasteiger partial charge in [0.25, 0.3) is 16.8 Å². The Kier molecular flexibility index (Phi) is 5.45. The van der Waals surface area contributed by atoms with E-state index in [1.807, 2.05) is 0 Å². The molecule has 28 heavy (non-hydrogen) atoms. The number of thioether (sulfide) groups is 1. The number of amides is 2. The number of furan rings is 1. The molecule has 1 aromatic carbocycles. The lowest BCUT2D eigenvalue weighted by molar-refractivity contribution is -0.384. The summed E-state index contributed by atoms with van der Waals surface area (Å²) in [5, 5.41) is 19.1. The predicted molar refractivity (Wildman–Crippen MR) is 101 cm³/mol. The Balaban J connectivity index is 1.92. The topological polar surface area (TPSA) is 131 Å². The monoisotopic (exact) mass is 442 g/mol. The molecule has 144 valence electrons. The van der Waals surface area contributed by atoms with Crippen molar-refractivity contribution in [3.8, 4) is 11.3 Å². The molecule has 2 aromatic rings. The van der Waals surface area contributed by atoms with Crippen molar-refractivity contribution in [2.75, 3.05) is 6.54 Å². The molecule has 1 aromatic heterocycles. The fourth-order valence-corrected chi connectivity index (χ4v) is 3.71. The molecule has 0 saturated carbocycles. The van der Waals surface area contributed by atoms with Crippen LogP contribution in [-0.4, -0.2) is 38.6 Å². The molecular formula is C16H8Cl2N2O7S. The summed E-state index contributed by atoms with van der Waals surface area (Å²) < 4.78 is 5.55. The van der Waals surface area contributed by atoms with Gasteiger partial charge < -0.3 is 9.52 Å². The van der Waals surface area contributed by atoms with E-state index in [0.717, 1.165) is 6.07 Å². The summed E-state index contributed by atoms with van der Waals surface area (Å²) in [6.45, 7) is -0.741. The molecule has 9 nitrogen and oxygen atoms in total. The van der Waals surface area contributed by atoms with Crippen LogP contribution in [0.4, 0.5) is 10.5 Å². The first-order valence-electron chi connectivity index (χ1n) is 7.38. The Morgan fingerprint density at radius 1 is 1.29 bits per heavy atom.